The van der Waals surface area contributed by atoms with Crippen LogP contribution in [-0.2, 0) is 4.74 Å². The third-order valence-corrected chi connectivity index (χ3v) is 3.85. The van der Waals surface area contributed by atoms with E-state index in [2.05, 4.69) is 5.32 Å². The summed E-state index contributed by atoms with van der Waals surface area (Å²) in [5.41, 5.74) is 6.40. The summed E-state index contributed by atoms with van der Waals surface area (Å²) in [6.07, 6.45) is 2.97. The minimum Gasteiger partial charge on any atom is -0.446 e. The van der Waals surface area contributed by atoms with Crippen LogP contribution in [0.25, 0.3) is 0 Å². The van der Waals surface area contributed by atoms with Gasteiger partial charge in [0.15, 0.2) is 0 Å². The summed E-state index contributed by atoms with van der Waals surface area (Å²) in [6, 6.07) is 4.99. The summed E-state index contributed by atoms with van der Waals surface area (Å²) in [7, 11) is 0. The van der Waals surface area contributed by atoms with Crippen LogP contribution in [0.15, 0.2) is 18.2 Å². The molecule has 0 saturated heterocycles. The molecule has 2 unspecified atom stereocenters. The normalized spacial score (nSPS) is 22.9. The zero-order chi connectivity index (χ0) is 13.8. The van der Waals surface area contributed by atoms with Crippen LogP contribution in [-0.4, -0.2) is 18.2 Å². The highest BCUT2D eigenvalue weighted by Gasteiger charge is 2.22. The number of anilines is 1. The molecule has 0 spiro atoms. The van der Waals surface area contributed by atoms with E-state index >= 15 is 0 Å². The fourth-order valence-electron chi connectivity index (χ4n) is 2.16. The molecular weight excluding hydrogens is 287 g/mol. The molecule has 1 fully saturated rings. The number of benzene rings is 1. The highest BCUT2D eigenvalue weighted by Crippen LogP contribution is 2.25. The molecule has 3 N–H and O–H groups in total. The van der Waals surface area contributed by atoms with E-state index in [4.69, 9.17) is 33.7 Å². The van der Waals surface area contributed by atoms with E-state index in [1.54, 1.807) is 18.2 Å². The maximum absolute atomic E-state index is 11.7. The molecule has 0 heterocycles. The second-order valence-electron chi connectivity index (χ2n) is 4.71. The van der Waals surface area contributed by atoms with Gasteiger partial charge in [-0.2, -0.15) is 0 Å². The molecule has 1 aliphatic rings. The van der Waals surface area contributed by atoms with E-state index in [9.17, 15) is 4.79 Å². The Morgan fingerprint density at radius 2 is 2.11 bits per heavy atom. The maximum Gasteiger partial charge on any atom is 0.411 e. The Morgan fingerprint density at radius 3 is 2.79 bits per heavy atom. The molecule has 1 aromatic rings. The third kappa shape index (κ3) is 4.27. The van der Waals surface area contributed by atoms with Gasteiger partial charge in [-0.25, -0.2) is 4.79 Å². The Labute approximate surface area is 122 Å². The van der Waals surface area contributed by atoms with Gasteiger partial charge in [-0.1, -0.05) is 23.2 Å². The summed E-state index contributed by atoms with van der Waals surface area (Å²) < 4.78 is 5.33. The van der Waals surface area contributed by atoms with Crippen molar-refractivity contribution in [2.75, 3.05) is 5.32 Å². The van der Waals surface area contributed by atoms with Gasteiger partial charge < -0.3 is 10.5 Å². The van der Waals surface area contributed by atoms with E-state index < -0.39 is 6.09 Å². The van der Waals surface area contributed by atoms with Crippen molar-refractivity contribution in [1.29, 1.82) is 0 Å². The van der Waals surface area contributed by atoms with Gasteiger partial charge in [-0.3, -0.25) is 5.32 Å². The van der Waals surface area contributed by atoms with Gasteiger partial charge in [-0.05, 0) is 43.9 Å². The molecular formula is C13H16Cl2N2O2. The first kappa shape index (κ1) is 14.4. The van der Waals surface area contributed by atoms with E-state index in [-0.39, 0.29) is 12.1 Å². The predicted molar refractivity (Wildman–Crippen MR) is 76.8 cm³/mol. The van der Waals surface area contributed by atoms with Crippen molar-refractivity contribution in [3.05, 3.63) is 28.2 Å². The minimum atomic E-state index is -0.488. The van der Waals surface area contributed by atoms with Gasteiger partial charge in [0.05, 0.1) is 10.0 Å². The quantitative estimate of drug-likeness (QED) is 0.873. The number of amides is 1. The maximum atomic E-state index is 11.7. The van der Waals surface area contributed by atoms with Crippen molar-refractivity contribution in [3.63, 3.8) is 0 Å². The second kappa shape index (κ2) is 6.46. The van der Waals surface area contributed by atoms with E-state index in [0.717, 1.165) is 25.7 Å². The molecule has 2 atom stereocenters. The molecule has 4 nitrogen and oxygen atoms in total. The molecule has 104 valence electrons. The third-order valence-electron chi connectivity index (χ3n) is 3.11. The van der Waals surface area contributed by atoms with Crippen molar-refractivity contribution in [2.24, 2.45) is 5.73 Å². The molecule has 0 bridgehead atoms. The highest BCUT2D eigenvalue weighted by molar-refractivity contribution is 6.42. The summed E-state index contributed by atoms with van der Waals surface area (Å²) in [5, 5.41) is 3.46. The molecule has 1 aliphatic carbocycles. The number of ether oxygens (including phenoxy) is 1. The van der Waals surface area contributed by atoms with Gasteiger partial charge in [0.2, 0.25) is 0 Å². The number of nitrogens with two attached hydrogens (primary N) is 1. The predicted octanol–water partition coefficient (Wildman–Crippen LogP) is 3.81. The lowest BCUT2D eigenvalue weighted by Crippen LogP contribution is -2.34. The van der Waals surface area contributed by atoms with Gasteiger partial charge in [0.25, 0.3) is 0 Å². The molecule has 0 radical (unpaired) electrons. The number of halogens is 2. The van der Waals surface area contributed by atoms with Crippen LogP contribution in [0.1, 0.15) is 25.7 Å². The molecule has 1 saturated carbocycles. The molecule has 6 heteroatoms. The largest absolute Gasteiger partial charge is 0.446 e. The number of nitrogens with one attached hydrogen (secondary N) is 1. The molecule has 1 amide bonds. The molecule has 2 rings (SSSR count). The van der Waals surface area contributed by atoms with Crippen LogP contribution in [0.4, 0.5) is 10.5 Å². The molecule has 19 heavy (non-hydrogen) atoms. The zero-order valence-corrected chi connectivity index (χ0v) is 11.9. The average Bonchev–Trinajstić information content (AvgIpc) is 2.34. The van der Waals surface area contributed by atoms with Crippen molar-refractivity contribution >= 4 is 35.0 Å². The number of hydrogen-bond donors (Lipinski definition) is 2. The fraction of sp³-hybridized carbons (Fsp3) is 0.462. The van der Waals surface area contributed by atoms with Crippen LogP contribution in [0, 0.1) is 0 Å². The summed E-state index contributed by atoms with van der Waals surface area (Å²) in [4.78, 5) is 11.7. The lowest BCUT2D eigenvalue weighted by Gasteiger charge is -2.26. The van der Waals surface area contributed by atoms with E-state index in [1.807, 2.05) is 0 Å². The van der Waals surface area contributed by atoms with Crippen molar-refractivity contribution < 1.29 is 9.53 Å². The van der Waals surface area contributed by atoms with Crippen LogP contribution >= 0.6 is 23.2 Å². The van der Waals surface area contributed by atoms with E-state index in [1.165, 1.54) is 0 Å². The highest BCUT2D eigenvalue weighted by atomic mass is 35.5. The molecule has 0 aliphatic heterocycles. The topological polar surface area (TPSA) is 64.3 Å². The Kier molecular flexibility index (Phi) is 4.91. The lowest BCUT2D eigenvalue weighted by atomic mass is 9.94. The van der Waals surface area contributed by atoms with Crippen molar-refractivity contribution in [1.82, 2.24) is 0 Å². The Bertz CT molecular complexity index is 468. The number of carbonyl (C=O) groups excluding carboxylic acids is 1. The van der Waals surface area contributed by atoms with Gasteiger partial charge in [-0.15, -0.1) is 0 Å². The summed E-state index contributed by atoms with van der Waals surface area (Å²) in [5.74, 6) is 0. The zero-order valence-electron chi connectivity index (χ0n) is 10.4. The Hall–Kier alpha value is -0.970. The van der Waals surface area contributed by atoms with Crippen LogP contribution < -0.4 is 11.1 Å². The number of hydrogen-bond acceptors (Lipinski definition) is 3. The molecule has 0 aromatic heterocycles. The van der Waals surface area contributed by atoms with Crippen LogP contribution in [0.2, 0.25) is 10.0 Å². The first-order chi connectivity index (χ1) is 9.04. The summed E-state index contributed by atoms with van der Waals surface area (Å²) >= 11 is 11.7. The lowest BCUT2D eigenvalue weighted by molar-refractivity contribution is 0.0811. The minimum absolute atomic E-state index is 0.105. The first-order valence-electron chi connectivity index (χ1n) is 6.23. The molecule has 1 aromatic carbocycles. The monoisotopic (exact) mass is 302 g/mol. The number of carbonyl (C=O) groups is 1. The van der Waals surface area contributed by atoms with Crippen molar-refractivity contribution in [2.45, 2.75) is 37.8 Å². The number of rotatable bonds is 2. The van der Waals surface area contributed by atoms with Gasteiger partial charge in [0.1, 0.15) is 6.10 Å². The Morgan fingerprint density at radius 1 is 1.32 bits per heavy atom. The van der Waals surface area contributed by atoms with Gasteiger partial charge >= 0.3 is 6.09 Å². The smallest absolute Gasteiger partial charge is 0.411 e. The first-order valence-corrected chi connectivity index (χ1v) is 6.98. The van der Waals surface area contributed by atoms with E-state index in [0.29, 0.717) is 15.7 Å². The van der Waals surface area contributed by atoms with Crippen LogP contribution in [0.5, 0.6) is 0 Å². The summed E-state index contributed by atoms with van der Waals surface area (Å²) in [6.45, 7) is 0. The second-order valence-corrected chi connectivity index (χ2v) is 5.52. The van der Waals surface area contributed by atoms with Gasteiger partial charge in [0, 0.05) is 11.7 Å². The standard InChI is InChI=1S/C13H16Cl2N2O2/c14-11-5-4-9(7-12(11)15)17-13(18)19-10-3-1-2-8(16)6-10/h4-5,7-8,10H,1-3,6,16H2,(H,17,18). The fourth-order valence-corrected chi connectivity index (χ4v) is 2.46. The van der Waals surface area contributed by atoms with Crippen LogP contribution in [0.3, 0.4) is 0 Å². The van der Waals surface area contributed by atoms with Crippen molar-refractivity contribution in [3.8, 4) is 0 Å². The SMILES string of the molecule is NC1CCCC(OC(=O)Nc2ccc(Cl)c(Cl)c2)C1. The Balaban J connectivity index is 1.88. The average molecular weight is 303 g/mol.